The number of furan rings is 1. The minimum absolute atomic E-state index is 0.00410. The molecular weight excluding hydrogens is 278 g/mol. The van der Waals surface area contributed by atoms with Gasteiger partial charge in [0.15, 0.2) is 0 Å². The fraction of sp³-hybridized carbons (Fsp3) is 0.429. The highest BCUT2D eigenvalue weighted by atomic mass is 79.9. The van der Waals surface area contributed by atoms with Gasteiger partial charge < -0.3 is 10.2 Å². The largest absolute Gasteiger partial charge is 0.459 e. The molecule has 0 saturated carbocycles. The van der Waals surface area contributed by atoms with Gasteiger partial charge in [0.2, 0.25) is 0 Å². The van der Waals surface area contributed by atoms with E-state index < -0.39 is 0 Å². The van der Waals surface area contributed by atoms with Gasteiger partial charge in [-0.2, -0.15) is 0 Å². The van der Waals surface area contributed by atoms with Crippen LogP contribution < -0.4 is 5.73 Å². The van der Waals surface area contributed by atoms with Crippen molar-refractivity contribution in [3.63, 3.8) is 0 Å². The Morgan fingerprint density at radius 3 is 2.53 bits per heavy atom. The molecule has 1 aromatic heterocycles. The van der Waals surface area contributed by atoms with Crippen molar-refractivity contribution in [2.75, 3.05) is 0 Å². The summed E-state index contributed by atoms with van der Waals surface area (Å²) in [5, 5.41) is 1.13. The Kier molecular flexibility index (Phi) is 3.08. The monoisotopic (exact) mass is 295 g/mol. The highest BCUT2D eigenvalue weighted by Crippen LogP contribution is 2.37. The molecule has 0 bridgehead atoms. The van der Waals surface area contributed by atoms with Crippen LogP contribution in [0, 0.1) is 12.3 Å². The predicted molar refractivity (Wildman–Crippen MR) is 75.0 cm³/mol. The van der Waals surface area contributed by atoms with E-state index in [4.69, 9.17) is 10.2 Å². The van der Waals surface area contributed by atoms with Crippen LogP contribution in [0.2, 0.25) is 0 Å². The van der Waals surface area contributed by atoms with E-state index in [-0.39, 0.29) is 11.5 Å². The second-order valence-electron chi connectivity index (χ2n) is 5.58. The third-order valence-corrected chi connectivity index (χ3v) is 3.64. The van der Waals surface area contributed by atoms with E-state index >= 15 is 0 Å². The average Bonchev–Trinajstić information content (AvgIpc) is 2.54. The van der Waals surface area contributed by atoms with Crippen LogP contribution in [0.1, 0.15) is 38.1 Å². The molecule has 2 nitrogen and oxygen atoms in total. The summed E-state index contributed by atoms with van der Waals surface area (Å²) >= 11 is 3.48. The molecule has 0 aliphatic carbocycles. The van der Waals surface area contributed by atoms with E-state index in [2.05, 4.69) is 49.7 Å². The summed E-state index contributed by atoms with van der Waals surface area (Å²) in [7, 11) is 0. The second-order valence-corrected chi connectivity index (χ2v) is 6.49. The van der Waals surface area contributed by atoms with Crippen LogP contribution in [0.3, 0.4) is 0 Å². The molecule has 2 rings (SSSR count). The minimum atomic E-state index is -0.0892. The Hall–Kier alpha value is -0.800. The third kappa shape index (κ3) is 2.26. The van der Waals surface area contributed by atoms with Gasteiger partial charge in [-0.05, 0) is 30.5 Å². The van der Waals surface area contributed by atoms with Gasteiger partial charge in [-0.1, -0.05) is 36.7 Å². The quantitative estimate of drug-likeness (QED) is 0.838. The van der Waals surface area contributed by atoms with Crippen LogP contribution in [0.5, 0.6) is 0 Å². The van der Waals surface area contributed by atoms with Gasteiger partial charge in [-0.15, -0.1) is 0 Å². The van der Waals surface area contributed by atoms with Crippen LogP contribution in [0.4, 0.5) is 0 Å². The van der Waals surface area contributed by atoms with Crippen molar-refractivity contribution < 1.29 is 4.42 Å². The Bertz CT molecular complexity index is 551. The van der Waals surface area contributed by atoms with Gasteiger partial charge in [0, 0.05) is 15.4 Å². The zero-order valence-corrected chi connectivity index (χ0v) is 12.3. The lowest BCUT2D eigenvalue weighted by atomic mass is 9.85. The zero-order valence-electron chi connectivity index (χ0n) is 10.7. The predicted octanol–water partition coefficient (Wildman–Crippen LogP) is 4.55. The van der Waals surface area contributed by atoms with Crippen molar-refractivity contribution in [2.45, 2.75) is 33.7 Å². The Morgan fingerprint density at radius 1 is 1.29 bits per heavy atom. The first-order valence-electron chi connectivity index (χ1n) is 5.75. The standard InChI is InChI=1S/C14H18BrNO/c1-8-10-7-9(15)5-6-11(10)17-12(8)13(16)14(2,3)4/h5-7,13H,16H2,1-4H3. The summed E-state index contributed by atoms with van der Waals surface area (Å²) < 4.78 is 6.96. The molecule has 1 heterocycles. The number of nitrogens with two attached hydrogens (primary N) is 1. The lowest BCUT2D eigenvalue weighted by Gasteiger charge is -2.25. The van der Waals surface area contributed by atoms with Gasteiger partial charge in [0.1, 0.15) is 11.3 Å². The minimum Gasteiger partial charge on any atom is -0.459 e. The number of hydrogen-bond donors (Lipinski definition) is 1. The number of aryl methyl sites for hydroxylation is 1. The number of fused-ring (bicyclic) bond motifs is 1. The van der Waals surface area contributed by atoms with Crippen LogP contribution in [-0.4, -0.2) is 0 Å². The highest BCUT2D eigenvalue weighted by molar-refractivity contribution is 9.10. The molecule has 2 aromatic rings. The van der Waals surface area contributed by atoms with Crippen molar-refractivity contribution in [3.8, 4) is 0 Å². The number of benzene rings is 1. The van der Waals surface area contributed by atoms with Crippen molar-refractivity contribution in [2.24, 2.45) is 11.1 Å². The highest BCUT2D eigenvalue weighted by Gasteiger charge is 2.27. The molecule has 0 amide bonds. The maximum Gasteiger partial charge on any atom is 0.134 e. The molecule has 0 spiro atoms. The van der Waals surface area contributed by atoms with E-state index in [1.54, 1.807) is 0 Å². The van der Waals surface area contributed by atoms with E-state index in [1.807, 2.05) is 12.1 Å². The molecule has 0 fully saturated rings. The normalized spacial score (nSPS) is 14.2. The Balaban J connectivity index is 2.60. The second kappa shape index (κ2) is 4.14. The fourth-order valence-corrected chi connectivity index (χ4v) is 2.26. The van der Waals surface area contributed by atoms with E-state index in [9.17, 15) is 0 Å². The molecule has 0 saturated heterocycles. The maximum atomic E-state index is 6.27. The summed E-state index contributed by atoms with van der Waals surface area (Å²) in [6.45, 7) is 8.44. The summed E-state index contributed by atoms with van der Waals surface area (Å²) in [5.74, 6) is 0.894. The topological polar surface area (TPSA) is 39.2 Å². The van der Waals surface area contributed by atoms with Crippen LogP contribution >= 0.6 is 15.9 Å². The van der Waals surface area contributed by atoms with Crippen LogP contribution in [-0.2, 0) is 0 Å². The fourth-order valence-electron chi connectivity index (χ4n) is 1.90. The van der Waals surface area contributed by atoms with Gasteiger partial charge >= 0.3 is 0 Å². The molecule has 0 aliphatic rings. The van der Waals surface area contributed by atoms with E-state index in [1.165, 1.54) is 0 Å². The first kappa shape index (κ1) is 12.7. The summed E-state index contributed by atoms with van der Waals surface area (Å²) in [6.07, 6.45) is 0. The zero-order chi connectivity index (χ0) is 12.8. The summed E-state index contributed by atoms with van der Waals surface area (Å²) in [4.78, 5) is 0. The van der Waals surface area contributed by atoms with E-state index in [0.29, 0.717) is 0 Å². The molecule has 3 heteroatoms. The smallest absolute Gasteiger partial charge is 0.134 e. The number of rotatable bonds is 1. The van der Waals surface area contributed by atoms with Gasteiger partial charge in [0.25, 0.3) is 0 Å². The molecule has 1 aromatic carbocycles. The van der Waals surface area contributed by atoms with Crippen molar-refractivity contribution in [3.05, 3.63) is 34.0 Å². The maximum absolute atomic E-state index is 6.27. The lowest BCUT2D eigenvalue weighted by molar-refractivity contribution is 0.289. The van der Waals surface area contributed by atoms with Crippen molar-refractivity contribution >= 4 is 26.9 Å². The summed E-state index contributed by atoms with van der Waals surface area (Å²) in [6, 6.07) is 5.95. The van der Waals surface area contributed by atoms with Gasteiger partial charge in [-0.3, -0.25) is 0 Å². The summed E-state index contributed by atoms with van der Waals surface area (Å²) in [5.41, 5.74) is 8.31. The molecule has 17 heavy (non-hydrogen) atoms. The van der Waals surface area contributed by atoms with Crippen LogP contribution in [0.15, 0.2) is 27.1 Å². The van der Waals surface area contributed by atoms with Crippen molar-refractivity contribution in [1.82, 2.24) is 0 Å². The SMILES string of the molecule is Cc1c(C(N)C(C)(C)C)oc2ccc(Br)cc12. The number of halogens is 1. The van der Waals surface area contributed by atoms with Crippen molar-refractivity contribution in [1.29, 1.82) is 0 Å². The van der Waals surface area contributed by atoms with Gasteiger partial charge in [-0.25, -0.2) is 0 Å². The van der Waals surface area contributed by atoms with E-state index in [0.717, 1.165) is 26.8 Å². The Morgan fingerprint density at radius 2 is 1.94 bits per heavy atom. The molecule has 0 aliphatic heterocycles. The number of hydrogen-bond acceptors (Lipinski definition) is 2. The average molecular weight is 296 g/mol. The van der Waals surface area contributed by atoms with Crippen LogP contribution in [0.25, 0.3) is 11.0 Å². The van der Waals surface area contributed by atoms with Gasteiger partial charge in [0.05, 0.1) is 6.04 Å². The first-order valence-corrected chi connectivity index (χ1v) is 6.54. The molecular formula is C14H18BrNO. The Labute approximate surface area is 110 Å². The third-order valence-electron chi connectivity index (χ3n) is 3.15. The molecule has 1 unspecified atom stereocenters. The molecule has 2 N–H and O–H groups in total. The molecule has 1 atom stereocenters. The molecule has 0 radical (unpaired) electrons. The lowest BCUT2D eigenvalue weighted by Crippen LogP contribution is -2.26. The molecule has 92 valence electrons. The first-order chi connectivity index (χ1) is 7.80.